The number of phenolic OH excluding ortho intramolecular Hbond substituents is 1. The third-order valence-corrected chi connectivity index (χ3v) is 2.91. The molecule has 0 bridgehead atoms. The van der Waals surface area contributed by atoms with Crippen molar-refractivity contribution in [2.24, 2.45) is 0 Å². The number of ether oxygens (including phenoxy) is 1. The topological polar surface area (TPSA) is 41.5 Å². The van der Waals surface area contributed by atoms with Crippen LogP contribution in [-0.4, -0.2) is 12.2 Å². The lowest BCUT2D eigenvalue weighted by molar-refractivity contribution is 0.386. The zero-order valence-corrected chi connectivity index (χ0v) is 11.0. The van der Waals surface area contributed by atoms with Crippen molar-refractivity contribution in [1.29, 1.82) is 0 Å². The molecule has 0 fully saturated rings. The Hall–Kier alpha value is -1.94. The predicted molar refractivity (Wildman–Crippen MR) is 73.4 cm³/mol. The van der Waals surface area contributed by atoms with Crippen LogP contribution in [0.4, 0.5) is 10.1 Å². The highest BCUT2D eigenvalue weighted by Crippen LogP contribution is 2.24. The van der Waals surface area contributed by atoms with Crippen LogP contribution in [0.3, 0.4) is 0 Å². The van der Waals surface area contributed by atoms with Crippen LogP contribution in [0.2, 0.25) is 5.02 Å². The number of halogens is 2. The lowest BCUT2D eigenvalue weighted by Crippen LogP contribution is -2.00. The molecule has 0 saturated heterocycles. The lowest BCUT2D eigenvalue weighted by atomic mass is 10.2. The predicted octanol–water partition coefficient (Wildman–Crippen LogP) is 3.81. The Morgan fingerprint density at radius 2 is 2.05 bits per heavy atom. The number of rotatable bonds is 4. The summed E-state index contributed by atoms with van der Waals surface area (Å²) in [5.41, 5.74) is 1.24. The smallest absolute Gasteiger partial charge is 0.167 e. The molecule has 0 atom stereocenters. The van der Waals surface area contributed by atoms with Gasteiger partial charge >= 0.3 is 0 Å². The number of nitrogens with one attached hydrogen (secondary N) is 1. The van der Waals surface area contributed by atoms with E-state index in [1.807, 2.05) is 0 Å². The van der Waals surface area contributed by atoms with E-state index >= 15 is 0 Å². The molecule has 0 amide bonds. The van der Waals surface area contributed by atoms with Crippen LogP contribution in [0.15, 0.2) is 36.4 Å². The summed E-state index contributed by atoms with van der Waals surface area (Å²) in [4.78, 5) is 0. The molecule has 0 unspecified atom stereocenters. The highest BCUT2D eigenvalue weighted by Gasteiger charge is 2.05. The molecular formula is C14H13ClFNO2. The van der Waals surface area contributed by atoms with Crippen LogP contribution in [0.25, 0.3) is 0 Å². The summed E-state index contributed by atoms with van der Waals surface area (Å²) >= 11 is 5.85. The number of phenols is 1. The number of aromatic hydroxyl groups is 1. The average molecular weight is 282 g/mol. The van der Waals surface area contributed by atoms with Crippen LogP contribution >= 0.6 is 11.6 Å². The van der Waals surface area contributed by atoms with Crippen LogP contribution in [0.1, 0.15) is 5.56 Å². The van der Waals surface area contributed by atoms with Gasteiger partial charge < -0.3 is 15.2 Å². The molecule has 3 nitrogen and oxygen atoms in total. The highest BCUT2D eigenvalue weighted by molar-refractivity contribution is 6.30. The van der Waals surface area contributed by atoms with Gasteiger partial charge in [-0.3, -0.25) is 0 Å². The van der Waals surface area contributed by atoms with Crippen molar-refractivity contribution in [2.45, 2.75) is 6.54 Å². The van der Waals surface area contributed by atoms with Crippen molar-refractivity contribution in [3.63, 3.8) is 0 Å². The van der Waals surface area contributed by atoms with E-state index < -0.39 is 5.82 Å². The van der Waals surface area contributed by atoms with Gasteiger partial charge in [0.25, 0.3) is 0 Å². The van der Waals surface area contributed by atoms with Gasteiger partial charge in [-0.25, -0.2) is 4.39 Å². The quantitative estimate of drug-likeness (QED) is 0.895. The third kappa shape index (κ3) is 3.29. The number of anilines is 1. The zero-order chi connectivity index (χ0) is 13.8. The fraction of sp³-hybridized carbons (Fsp3) is 0.143. The standard InChI is InChI=1S/C14H13ClFNO2/c1-19-14-5-3-11(7-12(14)16)17-8-9-6-10(15)2-4-13(9)18/h2-7,17-18H,8H2,1H3. The second-order valence-corrected chi connectivity index (χ2v) is 4.41. The molecule has 2 aromatic rings. The van der Waals surface area contributed by atoms with Crippen LogP contribution in [-0.2, 0) is 6.54 Å². The minimum atomic E-state index is -0.442. The first-order chi connectivity index (χ1) is 9.10. The van der Waals surface area contributed by atoms with Gasteiger partial charge in [-0.05, 0) is 30.3 Å². The van der Waals surface area contributed by atoms with E-state index in [9.17, 15) is 9.50 Å². The second-order valence-electron chi connectivity index (χ2n) is 3.98. The van der Waals surface area contributed by atoms with Crippen molar-refractivity contribution in [2.75, 3.05) is 12.4 Å². The Kier molecular flexibility index (Phi) is 4.12. The van der Waals surface area contributed by atoms with Gasteiger partial charge in [0.1, 0.15) is 5.75 Å². The SMILES string of the molecule is COc1ccc(NCc2cc(Cl)ccc2O)cc1F. The highest BCUT2D eigenvalue weighted by atomic mass is 35.5. The van der Waals surface area contributed by atoms with E-state index in [4.69, 9.17) is 16.3 Å². The molecule has 0 saturated carbocycles. The summed E-state index contributed by atoms with van der Waals surface area (Å²) in [6, 6.07) is 9.35. The first-order valence-electron chi connectivity index (χ1n) is 5.65. The average Bonchev–Trinajstić information content (AvgIpc) is 2.40. The maximum Gasteiger partial charge on any atom is 0.167 e. The van der Waals surface area contributed by atoms with E-state index in [-0.39, 0.29) is 11.5 Å². The van der Waals surface area contributed by atoms with Crippen LogP contribution in [0, 0.1) is 5.82 Å². The van der Waals surface area contributed by atoms with Gasteiger partial charge in [0, 0.05) is 28.9 Å². The molecule has 2 rings (SSSR count). The molecule has 2 aromatic carbocycles. The van der Waals surface area contributed by atoms with Crippen molar-refractivity contribution in [3.8, 4) is 11.5 Å². The molecule has 2 N–H and O–H groups in total. The zero-order valence-electron chi connectivity index (χ0n) is 10.3. The van der Waals surface area contributed by atoms with Gasteiger partial charge in [0.05, 0.1) is 7.11 Å². The molecule has 0 aromatic heterocycles. The first-order valence-corrected chi connectivity index (χ1v) is 6.03. The number of methoxy groups -OCH3 is 1. The largest absolute Gasteiger partial charge is 0.508 e. The van der Waals surface area contributed by atoms with Gasteiger partial charge in [-0.15, -0.1) is 0 Å². The van der Waals surface area contributed by atoms with Gasteiger partial charge in [-0.2, -0.15) is 0 Å². The monoisotopic (exact) mass is 281 g/mol. The number of hydrogen-bond donors (Lipinski definition) is 2. The third-order valence-electron chi connectivity index (χ3n) is 2.68. The van der Waals surface area contributed by atoms with Gasteiger partial charge in [-0.1, -0.05) is 11.6 Å². The molecular weight excluding hydrogens is 269 g/mol. The van der Waals surface area contributed by atoms with Gasteiger partial charge in [0.15, 0.2) is 11.6 Å². The molecule has 19 heavy (non-hydrogen) atoms. The normalized spacial score (nSPS) is 10.3. The van der Waals surface area contributed by atoms with E-state index in [1.54, 1.807) is 18.2 Å². The molecule has 0 aliphatic heterocycles. The van der Waals surface area contributed by atoms with E-state index in [1.165, 1.54) is 25.3 Å². The first kappa shape index (κ1) is 13.5. The Labute approximate surface area is 115 Å². The summed E-state index contributed by atoms with van der Waals surface area (Å²) < 4.78 is 18.3. The summed E-state index contributed by atoms with van der Waals surface area (Å²) in [6.45, 7) is 0.345. The Balaban J connectivity index is 2.10. The molecule has 0 aliphatic rings. The fourth-order valence-corrected chi connectivity index (χ4v) is 1.86. The van der Waals surface area contributed by atoms with E-state index in [0.717, 1.165) is 0 Å². The molecule has 0 heterocycles. The molecule has 5 heteroatoms. The van der Waals surface area contributed by atoms with Gasteiger partial charge in [0.2, 0.25) is 0 Å². The molecule has 0 spiro atoms. The number of benzene rings is 2. The molecule has 100 valence electrons. The second kappa shape index (κ2) is 5.80. The minimum absolute atomic E-state index is 0.144. The van der Waals surface area contributed by atoms with Crippen molar-refractivity contribution < 1.29 is 14.2 Å². The summed E-state index contributed by atoms with van der Waals surface area (Å²) in [5, 5.41) is 13.2. The van der Waals surface area contributed by atoms with Crippen LogP contribution < -0.4 is 10.1 Å². The molecule has 0 aliphatic carbocycles. The summed E-state index contributed by atoms with van der Waals surface area (Å²) in [6.07, 6.45) is 0. The maximum atomic E-state index is 13.5. The van der Waals surface area contributed by atoms with Crippen molar-refractivity contribution in [3.05, 3.63) is 52.8 Å². The molecule has 0 radical (unpaired) electrons. The summed E-state index contributed by atoms with van der Waals surface area (Å²) in [5.74, 6) is -0.107. The number of hydrogen-bond acceptors (Lipinski definition) is 3. The Morgan fingerprint density at radius 3 is 2.74 bits per heavy atom. The Bertz CT molecular complexity index is 590. The lowest BCUT2D eigenvalue weighted by Gasteiger charge is -2.10. The van der Waals surface area contributed by atoms with Crippen molar-refractivity contribution in [1.82, 2.24) is 0 Å². The maximum absolute atomic E-state index is 13.5. The minimum Gasteiger partial charge on any atom is -0.508 e. The summed E-state index contributed by atoms with van der Waals surface area (Å²) in [7, 11) is 1.41. The Morgan fingerprint density at radius 1 is 1.26 bits per heavy atom. The fourth-order valence-electron chi connectivity index (χ4n) is 1.67. The van der Waals surface area contributed by atoms with E-state index in [2.05, 4.69) is 5.32 Å². The van der Waals surface area contributed by atoms with E-state index in [0.29, 0.717) is 22.8 Å². The van der Waals surface area contributed by atoms with Crippen LogP contribution in [0.5, 0.6) is 11.5 Å². The van der Waals surface area contributed by atoms with Crippen molar-refractivity contribution >= 4 is 17.3 Å².